The van der Waals surface area contributed by atoms with E-state index in [9.17, 15) is 13.2 Å². The van der Waals surface area contributed by atoms with E-state index >= 15 is 0 Å². The van der Waals surface area contributed by atoms with Gasteiger partial charge in [-0.25, -0.2) is 4.98 Å². The number of benzene rings is 3. The van der Waals surface area contributed by atoms with E-state index in [4.69, 9.17) is 0 Å². The minimum Gasteiger partial charge on any atom is -0.341 e. The lowest BCUT2D eigenvalue weighted by molar-refractivity contribution is -0.137. The summed E-state index contributed by atoms with van der Waals surface area (Å²) in [6.07, 6.45) is -4.36. The fraction of sp³-hybridized carbons (Fsp3) is 0.150. The van der Waals surface area contributed by atoms with Crippen molar-refractivity contribution >= 4 is 21.8 Å². The largest absolute Gasteiger partial charge is 0.416 e. The molecule has 0 atom stereocenters. The molecule has 3 aromatic carbocycles. The van der Waals surface area contributed by atoms with Gasteiger partial charge in [-0.3, -0.25) is 0 Å². The Kier molecular flexibility index (Phi) is 4.12. The highest BCUT2D eigenvalue weighted by Crippen LogP contribution is 2.30. The summed E-state index contributed by atoms with van der Waals surface area (Å²) >= 11 is 0. The molecular formula is C20H16F3N3. The van der Waals surface area contributed by atoms with Crippen LogP contribution >= 0.6 is 0 Å². The number of fused-ring (bicyclic) bond motifs is 2. The molecule has 0 fully saturated rings. The lowest BCUT2D eigenvalue weighted by Gasteiger charge is -2.07. The average molecular weight is 355 g/mol. The van der Waals surface area contributed by atoms with E-state index in [1.807, 2.05) is 18.2 Å². The van der Waals surface area contributed by atoms with Crippen LogP contribution in [-0.2, 0) is 19.3 Å². The summed E-state index contributed by atoms with van der Waals surface area (Å²) in [4.78, 5) is 7.30. The van der Waals surface area contributed by atoms with E-state index < -0.39 is 11.7 Å². The van der Waals surface area contributed by atoms with E-state index in [0.717, 1.165) is 12.1 Å². The van der Waals surface area contributed by atoms with Crippen LogP contribution in [0.2, 0.25) is 0 Å². The van der Waals surface area contributed by atoms with Gasteiger partial charge >= 0.3 is 6.18 Å². The zero-order valence-electron chi connectivity index (χ0n) is 13.8. The van der Waals surface area contributed by atoms with Crippen LogP contribution < -0.4 is 5.32 Å². The second-order valence-electron chi connectivity index (χ2n) is 6.16. The number of nitrogens with zero attached hydrogens (tertiary/aromatic N) is 1. The third-order valence-corrected chi connectivity index (χ3v) is 4.35. The molecule has 0 radical (unpaired) electrons. The van der Waals surface area contributed by atoms with E-state index in [1.165, 1.54) is 22.4 Å². The Labute approximate surface area is 147 Å². The minimum atomic E-state index is -4.36. The normalized spacial score (nSPS) is 12.1. The Bertz CT molecular complexity index is 1060. The Balaban J connectivity index is 1.49. The molecule has 0 spiro atoms. The molecule has 0 unspecified atom stereocenters. The number of alkyl halides is 3. The summed E-state index contributed by atoms with van der Waals surface area (Å²) in [6.45, 7) is 1.09. The molecule has 3 nitrogen and oxygen atoms in total. The quantitative estimate of drug-likeness (QED) is 0.539. The van der Waals surface area contributed by atoms with Gasteiger partial charge < -0.3 is 10.3 Å². The van der Waals surface area contributed by atoms with E-state index in [1.54, 1.807) is 0 Å². The van der Waals surface area contributed by atoms with Gasteiger partial charge in [-0.2, -0.15) is 13.2 Å². The molecular weight excluding hydrogens is 339 g/mol. The molecule has 26 heavy (non-hydrogen) atoms. The van der Waals surface area contributed by atoms with Gasteiger partial charge in [-0.15, -0.1) is 0 Å². The number of aromatic nitrogens is 2. The number of aromatic amines is 1. The molecule has 0 aliphatic rings. The summed E-state index contributed by atoms with van der Waals surface area (Å²) in [5.74, 6) is 0.611. The maximum atomic E-state index is 12.8. The number of halogens is 3. The Morgan fingerprint density at radius 1 is 0.923 bits per heavy atom. The number of H-pyrrole nitrogens is 1. The minimum absolute atomic E-state index is 0.391. The highest BCUT2D eigenvalue weighted by Gasteiger charge is 2.30. The molecule has 1 heterocycles. The zero-order valence-corrected chi connectivity index (χ0v) is 13.8. The van der Waals surface area contributed by atoms with Gasteiger partial charge in [0.2, 0.25) is 0 Å². The Morgan fingerprint density at radius 3 is 2.58 bits per heavy atom. The van der Waals surface area contributed by atoms with Gasteiger partial charge in [-0.05, 0) is 34.5 Å². The molecule has 0 saturated carbocycles. The average Bonchev–Trinajstić information content (AvgIpc) is 3.03. The van der Waals surface area contributed by atoms with Gasteiger partial charge in [0.25, 0.3) is 0 Å². The monoisotopic (exact) mass is 355 g/mol. The van der Waals surface area contributed by atoms with Gasteiger partial charge in [0, 0.05) is 6.54 Å². The Morgan fingerprint density at radius 2 is 1.73 bits per heavy atom. The van der Waals surface area contributed by atoms with E-state index in [2.05, 4.69) is 39.6 Å². The summed E-state index contributed by atoms with van der Waals surface area (Å²) in [7, 11) is 0. The highest BCUT2D eigenvalue weighted by atomic mass is 19.4. The fourth-order valence-corrected chi connectivity index (χ4v) is 3.08. The number of nitrogens with one attached hydrogen (secondary N) is 2. The van der Waals surface area contributed by atoms with Crippen LogP contribution in [0.25, 0.3) is 21.8 Å². The first kappa shape index (κ1) is 16.6. The second kappa shape index (κ2) is 6.46. The first-order valence-corrected chi connectivity index (χ1v) is 8.24. The van der Waals surface area contributed by atoms with Crippen molar-refractivity contribution in [1.29, 1.82) is 0 Å². The topological polar surface area (TPSA) is 40.7 Å². The standard InChI is InChI=1S/C20H16F3N3/c21-20(22,23)15-8-9-17-18(10-15)26-19(25-17)12-24-11-14-6-3-5-13-4-1-2-7-16(13)14/h1-10,24H,11-12H2,(H,25,26). The number of hydrogen-bond donors (Lipinski definition) is 2. The van der Waals surface area contributed by atoms with Crippen molar-refractivity contribution in [3.05, 3.63) is 77.6 Å². The molecule has 0 aliphatic heterocycles. The molecule has 132 valence electrons. The molecule has 1 aromatic heterocycles. The first-order chi connectivity index (χ1) is 12.5. The molecule has 4 aromatic rings. The fourth-order valence-electron chi connectivity index (χ4n) is 3.08. The lowest BCUT2D eigenvalue weighted by Crippen LogP contribution is -2.13. The smallest absolute Gasteiger partial charge is 0.341 e. The molecule has 0 bridgehead atoms. The third kappa shape index (κ3) is 3.28. The van der Waals surface area contributed by atoms with Crippen molar-refractivity contribution in [3.8, 4) is 0 Å². The van der Waals surface area contributed by atoms with Crippen molar-refractivity contribution < 1.29 is 13.2 Å². The number of hydrogen-bond acceptors (Lipinski definition) is 2. The maximum absolute atomic E-state index is 12.8. The SMILES string of the molecule is FC(F)(F)c1ccc2nc(CNCc3cccc4ccccc34)[nH]c2c1. The van der Waals surface area contributed by atoms with Crippen molar-refractivity contribution in [2.24, 2.45) is 0 Å². The van der Waals surface area contributed by atoms with Crippen LogP contribution in [-0.4, -0.2) is 9.97 Å². The summed E-state index contributed by atoms with van der Waals surface area (Å²) < 4.78 is 38.4. The maximum Gasteiger partial charge on any atom is 0.416 e. The Hall–Kier alpha value is -2.86. The van der Waals surface area contributed by atoms with Crippen molar-refractivity contribution in [2.45, 2.75) is 19.3 Å². The highest BCUT2D eigenvalue weighted by molar-refractivity contribution is 5.85. The number of imidazole rings is 1. The second-order valence-corrected chi connectivity index (χ2v) is 6.16. The van der Waals surface area contributed by atoms with Gasteiger partial charge in [0.15, 0.2) is 0 Å². The summed E-state index contributed by atoms with van der Waals surface area (Å²) in [5.41, 5.74) is 1.41. The van der Waals surface area contributed by atoms with Crippen molar-refractivity contribution in [1.82, 2.24) is 15.3 Å². The van der Waals surface area contributed by atoms with E-state index in [0.29, 0.717) is 29.9 Å². The lowest BCUT2D eigenvalue weighted by atomic mass is 10.0. The van der Waals surface area contributed by atoms with Crippen LogP contribution in [0.3, 0.4) is 0 Å². The predicted octanol–water partition coefficient (Wildman–Crippen LogP) is 5.02. The van der Waals surface area contributed by atoms with Gasteiger partial charge in [0.05, 0.1) is 23.1 Å². The molecule has 6 heteroatoms. The van der Waals surface area contributed by atoms with Crippen LogP contribution in [0.4, 0.5) is 13.2 Å². The zero-order chi connectivity index (χ0) is 18.1. The van der Waals surface area contributed by atoms with Gasteiger partial charge in [0.1, 0.15) is 5.82 Å². The number of rotatable bonds is 4. The van der Waals surface area contributed by atoms with Crippen LogP contribution in [0.5, 0.6) is 0 Å². The third-order valence-electron chi connectivity index (χ3n) is 4.35. The molecule has 0 amide bonds. The van der Waals surface area contributed by atoms with Gasteiger partial charge in [-0.1, -0.05) is 42.5 Å². The molecule has 2 N–H and O–H groups in total. The molecule has 4 rings (SSSR count). The van der Waals surface area contributed by atoms with E-state index in [-0.39, 0.29) is 0 Å². The summed E-state index contributed by atoms with van der Waals surface area (Å²) in [6, 6.07) is 17.8. The van der Waals surface area contributed by atoms with Crippen LogP contribution in [0.1, 0.15) is 17.0 Å². The van der Waals surface area contributed by atoms with Crippen LogP contribution in [0.15, 0.2) is 60.7 Å². The molecule has 0 aliphatic carbocycles. The predicted molar refractivity (Wildman–Crippen MR) is 95.6 cm³/mol. The van der Waals surface area contributed by atoms with Crippen molar-refractivity contribution in [3.63, 3.8) is 0 Å². The molecule has 0 saturated heterocycles. The van der Waals surface area contributed by atoms with Crippen molar-refractivity contribution in [2.75, 3.05) is 0 Å². The summed E-state index contributed by atoms with van der Waals surface area (Å²) in [5, 5.41) is 5.66. The first-order valence-electron chi connectivity index (χ1n) is 8.24. The van der Waals surface area contributed by atoms with Crippen LogP contribution in [0, 0.1) is 0 Å².